The molecule has 0 radical (unpaired) electrons. The van der Waals surface area contributed by atoms with Gasteiger partial charge >= 0.3 is 6.18 Å². The minimum Gasteiger partial charge on any atom is -0.481 e. The summed E-state index contributed by atoms with van der Waals surface area (Å²) in [5, 5.41) is 0. The van der Waals surface area contributed by atoms with Gasteiger partial charge in [-0.05, 0) is 50.8 Å². The fourth-order valence-corrected chi connectivity index (χ4v) is 3.20. The number of rotatable bonds is 6. The minimum atomic E-state index is -4.44. The fraction of sp³-hybridized carbons (Fsp3) is 0.364. The highest BCUT2D eigenvalue weighted by Crippen LogP contribution is 2.36. The SMILES string of the molecule is C\C=C/C(=C\C(=C\CC)C(F)(F)F)c1nc2c(o1)C(Oc1cccnc1)CCC2. The van der Waals surface area contributed by atoms with E-state index in [1.54, 1.807) is 50.5 Å². The van der Waals surface area contributed by atoms with E-state index in [0.29, 0.717) is 17.9 Å². The predicted molar refractivity (Wildman–Crippen MR) is 104 cm³/mol. The molecule has 0 aliphatic heterocycles. The molecule has 0 aromatic carbocycles. The predicted octanol–water partition coefficient (Wildman–Crippen LogP) is 6.38. The number of halogens is 3. The molecular weight excluding hydrogens is 381 g/mol. The lowest BCUT2D eigenvalue weighted by Gasteiger charge is -2.21. The highest BCUT2D eigenvalue weighted by Gasteiger charge is 2.33. The second kappa shape index (κ2) is 9.11. The number of ether oxygens (including phenoxy) is 1. The van der Waals surface area contributed by atoms with E-state index in [9.17, 15) is 13.2 Å². The smallest absolute Gasteiger partial charge is 0.416 e. The monoisotopic (exact) mass is 404 g/mol. The van der Waals surface area contributed by atoms with E-state index in [4.69, 9.17) is 9.15 Å². The Bertz CT molecular complexity index is 912. The molecule has 29 heavy (non-hydrogen) atoms. The van der Waals surface area contributed by atoms with Crippen molar-refractivity contribution in [1.29, 1.82) is 0 Å². The fourth-order valence-electron chi connectivity index (χ4n) is 3.20. The van der Waals surface area contributed by atoms with Crippen molar-refractivity contribution in [1.82, 2.24) is 9.97 Å². The molecule has 7 heteroatoms. The van der Waals surface area contributed by atoms with Gasteiger partial charge < -0.3 is 9.15 Å². The third-order valence-corrected chi connectivity index (χ3v) is 4.47. The highest BCUT2D eigenvalue weighted by molar-refractivity contribution is 5.71. The summed E-state index contributed by atoms with van der Waals surface area (Å²) in [5.41, 5.74) is 0.287. The Kier molecular flexibility index (Phi) is 6.56. The number of aromatic nitrogens is 2. The molecule has 1 atom stereocenters. The van der Waals surface area contributed by atoms with E-state index in [1.165, 1.54) is 0 Å². The number of hydrogen-bond donors (Lipinski definition) is 0. The maximum absolute atomic E-state index is 13.3. The Balaban J connectivity index is 1.96. The molecule has 0 N–H and O–H groups in total. The van der Waals surface area contributed by atoms with Crippen LogP contribution in [0.15, 0.2) is 58.8 Å². The van der Waals surface area contributed by atoms with Crippen molar-refractivity contribution in [2.24, 2.45) is 0 Å². The van der Waals surface area contributed by atoms with Crippen molar-refractivity contribution >= 4 is 5.57 Å². The van der Waals surface area contributed by atoms with Gasteiger partial charge in [0.25, 0.3) is 0 Å². The molecule has 1 aliphatic rings. The Morgan fingerprint density at radius 3 is 2.86 bits per heavy atom. The van der Waals surface area contributed by atoms with Crippen LogP contribution in [-0.4, -0.2) is 16.1 Å². The number of nitrogens with zero attached hydrogens (tertiary/aromatic N) is 2. The first-order chi connectivity index (χ1) is 13.9. The molecule has 0 fully saturated rings. The maximum atomic E-state index is 13.3. The van der Waals surface area contributed by atoms with E-state index in [0.717, 1.165) is 30.7 Å². The molecule has 0 saturated heterocycles. The minimum absolute atomic E-state index is 0.168. The largest absolute Gasteiger partial charge is 0.481 e. The Morgan fingerprint density at radius 2 is 2.21 bits per heavy atom. The van der Waals surface area contributed by atoms with Crippen LogP contribution in [0.1, 0.15) is 56.6 Å². The molecule has 0 saturated carbocycles. The standard InChI is InChI=1S/C22H23F3N2O2/c1-3-7-15(13-16(8-4-2)22(23,24)25)21-27-18-10-5-11-19(20(18)29-21)28-17-9-6-12-26-14-17/h3,6-9,12-14,19H,4-5,10-11H2,1-2H3/b7-3-,15-13+,16-8-. The Labute approximate surface area is 167 Å². The summed E-state index contributed by atoms with van der Waals surface area (Å²) in [4.78, 5) is 8.52. The zero-order valence-corrected chi connectivity index (χ0v) is 16.4. The van der Waals surface area contributed by atoms with Crippen LogP contribution in [-0.2, 0) is 6.42 Å². The average Bonchev–Trinajstić information content (AvgIpc) is 3.12. The normalized spacial score (nSPS) is 18.2. The van der Waals surface area contributed by atoms with E-state index >= 15 is 0 Å². The molecule has 0 amide bonds. The zero-order valence-electron chi connectivity index (χ0n) is 16.4. The summed E-state index contributed by atoms with van der Waals surface area (Å²) in [6, 6.07) is 3.57. The van der Waals surface area contributed by atoms with Crippen molar-refractivity contribution in [3.8, 4) is 5.75 Å². The van der Waals surface area contributed by atoms with Gasteiger partial charge in [0.2, 0.25) is 5.89 Å². The second-order valence-electron chi connectivity index (χ2n) is 6.68. The molecule has 2 heterocycles. The van der Waals surface area contributed by atoms with Gasteiger partial charge in [-0.25, -0.2) is 4.98 Å². The molecular formula is C22H23F3N2O2. The maximum Gasteiger partial charge on any atom is 0.416 e. The van der Waals surface area contributed by atoms with Crippen LogP contribution < -0.4 is 4.74 Å². The number of oxazole rings is 1. The summed E-state index contributed by atoms with van der Waals surface area (Å²) in [6.45, 7) is 3.40. The Morgan fingerprint density at radius 1 is 1.38 bits per heavy atom. The first-order valence-electron chi connectivity index (χ1n) is 9.60. The van der Waals surface area contributed by atoms with Gasteiger partial charge in [0, 0.05) is 11.8 Å². The summed E-state index contributed by atoms with van der Waals surface area (Å²) in [7, 11) is 0. The van der Waals surface area contributed by atoms with Crippen LogP contribution in [0.5, 0.6) is 5.75 Å². The van der Waals surface area contributed by atoms with Gasteiger partial charge in [0.1, 0.15) is 5.75 Å². The van der Waals surface area contributed by atoms with E-state index < -0.39 is 11.7 Å². The topological polar surface area (TPSA) is 48.2 Å². The van der Waals surface area contributed by atoms with Crippen molar-refractivity contribution in [3.63, 3.8) is 0 Å². The van der Waals surface area contributed by atoms with Crippen LogP contribution in [0.4, 0.5) is 13.2 Å². The molecule has 0 bridgehead atoms. The lowest BCUT2D eigenvalue weighted by Crippen LogP contribution is -2.14. The first kappa shape index (κ1) is 20.9. The van der Waals surface area contributed by atoms with Gasteiger partial charge in [-0.3, -0.25) is 4.98 Å². The lowest BCUT2D eigenvalue weighted by atomic mass is 9.99. The summed E-state index contributed by atoms with van der Waals surface area (Å²) < 4.78 is 51.9. The molecule has 3 rings (SSSR count). The molecule has 1 aliphatic carbocycles. The average molecular weight is 404 g/mol. The lowest BCUT2D eigenvalue weighted by molar-refractivity contribution is -0.0883. The van der Waals surface area contributed by atoms with Gasteiger partial charge in [-0.1, -0.05) is 25.2 Å². The van der Waals surface area contributed by atoms with Crippen LogP contribution in [0.2, 0.25) is 0 Å². The van der Waals surface area contributed by atoms with Crippen LogP contribution >= 0.6 is 0 Å². The van der Waals surface area contributed by atoms with Crippen LogP contribution in [0, 0.1) is 0 Å². The number of alkyl halides is 3. The molecule has 4 nitrogen and oxygen atoms in total. The number of allylic oxidation sites excluding steroid dienone is 6. The molecule has 2 aromatic heterocycles. The zero-order chi connectivity index (χ0) is 20.9. The molecule has 2 aromatic rings. The highest BCUT2D eigenvalue weighted by atomic mass is 19.4. The van der Waals surface area contributed by atoms with Crippen molar-refractivity contribution < 1.29 is 22.3 Å². The van der Waals surface area contributed by atoms with Crippen molar-refractivity contribution in [2.45, 2.75) is 51.8 Å². The van der Waals surface area contributed by atoms with Crippen molar-refractivity contribution in [2.75, 3.05) is 0 Å². The number of aryl methyl sites for hydroxylation is 1. The first-order valence-corrected chi connectivity index (χ1v) is 9.60. The number of pyridine rings is 1. The molecule has 1 unspecified atom stereocenters. The number of fused-ring (bicyclic) bond motifs is 1. The van der Waals surface area contributed by atoms with Crippen LogP contribution in [0.3, 0.4) is 0 Å². The van der Waals surface area contributed by atoms with Gasteiger partial charge in [0.05, 0.1) is 17.5 Å². The summed E-state index contributed by atoms with van der Waals surface area (Å²) >= 11 is 0. The number of hydrogen-bond acceptors (Lipinski definition) is 4. The second-order valence-corrected chi connectivity index (χ2v) is 6.68. The summed E-state index contributed by atoms with van der Waals surface area (Å²) in [6.07, 6.45) is 6.53. The molecule has 154 valence electrons. The van der Waals surface area contributed by atoms with Crippen LogP contribution in [0.25, 0.3) is 5.57 Å². The van der Waals surface area contributed by atoms with E-state index in [2.05, 4.69) is 9.97 Å². The third kappa shape index (κ3) is 5.16. The summed E-state index contributed by atoms with van der Waals surface area (Å²) in [5.74, 6) is 1.34. The Hall–Kier alpha value is -2.83. The van der Waals surface area contributed by atoms with Crippen molar-refractivity contribution in [3.05, 3.63) is 71.7 Å². The van der Waals surface area contributed by atoms with Gasteiger partial charge in [0.15, 0.2) is 11.9 Å². The molecule has 0 spiro atoms. The van der Waals surface area contributed by atoms with E-state index in [1.807, 2.05) is 0 Å². The quantitative estimate of drug-likeness (QED) is 0.524. The van der Waals surface area contributed by atoms with Gasteiger partial charge in [-0.2, -0.15) is 13.2 Å². The van der Waals surface area contributed by atoms with Gasteiger partial charge in [-0.15, -0.1) is 0 Å². The van der Waals surface area contributed by atoms with E-state index in [-0.39, 0.29) is 24.0 Å². The third-order valence-electron chi connectivity index (χ3n) is 4.47.